The number of hydrogen-bond donors (Lipinski definition) is 1. The molecule has 3 aromatic carbocycles. The van der Waals surface area contributed by atoms with Gasteiger partial charge in [-0.1, -0.05) is 48.0 Å². The monoisotopic (exact) mass is 446 g/mol. The molecule has 0 atom stereocenters. The second-order valence-electron chi connectivity index (χ2n) is 6.58. The van der Waals surface area contributed by atoms with Gasteiger partial charge in [0.1, 0.15) is 12.3 Å². The zero-order valence-corrected chi connectivity index (χ0v) is 17.4. The van der Waals surface area contributed by atoms with Gasteiger partial charge in [-0.15, -0.1) is 0 Å². The number of alkyl halides is 2. The molecule has 0 aliphatic carbocycles. The number of hydrogen-bond acceptors (Lipinski definition) is 4. The van der Waals surface area contributed by atoms with Crippen LogP contribution in [-0.2, 0) is 14.8 Å². The van der Waals surface area contributed by atoms with Crippen molar-refractivity contribution < 1.29 is 26.7 Å². The van der Waals surface area contributed by atoms with E-state index in [0.29, 0.717) is 0 Å². The van der Waals surface area contributed by atoms with Crippen molar-refractivity contribution in [1.82, 2.24) is 0 Å². The summed E-state index contributed by atoms with van der Waals surface area (Å²) >= 11 is 0. The van der Waals surface area contributed by atoms with Crippen LogP contribution in [0.25, 0.3) is 0 Å². The quantitative estimate of drug-likeness (QED) is 0.556. The van der Waals surface area contributed by atoms with E-state index in [1.807, 2.05) is 6.92 Å². The number of halogens is 2. The van der Waals surface area contributed by atoms with Crippen molar-refractivity contribution in [3.05, 3.63) is 84.4 Å². The lowest BCUT2D eigenvalue weighted by Gasteiger charge is -2.24. The fourth-order valence-electron chi connectivity index (χ4n) is 2.84. The predicted octanol–water partition coefficient (Wildman–Crippen LogP) is 4.43. The third kappa shape index (κ3) is 5.58. The molecule has 0 bridgehead atoms. The number of ether oxygens (including phenoxy) is 1. The highest BCUT2D eigenvalue weighted by molar-refractivity contribution is 7.92. The molecular formula is C22H20F2N2O4S. The number of sulfonamides is 1. The van der Waals surface area contributed by atoms with Crippen molar-refractivity contribution in [2.24, 2.45) is 0 Å². The molecule has 0 aliphatic heterocycles. The Morgan fingerprint density at radius 1 is 0.968 bits per heavy atom. The number of nitrogens with one attached hydrogen (secondary N) is 1. The molecule has 1 amide bonds. The minimum absolute atomic E-state index is 0.00791. The molecule has 0 saturated carbocycles. The van der Waals surface area contributed by atoms with Crippen LogP contribution in [0.5, 0.6) is 5.75 Å². The first-order chi connectivity index (χ1) is 14.8. The van der Waals surface area contributed by atoms with Crippen LogP contribution in [0.2, 0.25) is 0 Å². The summed E-state index contributed by atoms with van der Waals surface area (Å²) in [6, 6.07) is 20.1. The van der Waals surface area contributed by atoms with E-state index in [2.05, 4.69) is 10.1 Å². The Hall–Kier alpha value is -3.46. The standard InChI is InChI=1S/C22H20F2N2O4S/c1-16-11-13-18(14-12-16)31(28,29)26(17-7-3-2-4-8-17)15-21(27)25-19-9-5-6-10-20(19)30-22(23)24/h2-14,22H,15H2,1H3,(H,25,27). The van der Waals surface area contributed by atoms with Crippen LogP contribution >= 0.6 is 0 Å². The van der Waals surface area contributed by atoms with Gasteiger partial charge < -0.3 is 10.1 Å². The number of nitrogens with zero attached hydrogens (tertiary/aromatic N) is 1. The van der Waals surface area contributed by atoms with E-state index >= 15 is 0 Å². The van der Waals surface area contributed by atoms with Gasteiger partial charge in [0.05, 0.1) is 16.3 Å². The average molecular weight is 446 g/mol. The maximum absolute atomic E-state index is 13.3. The normalized spacial score (nSPS) is 11.2. The Kier molecular flexibility index (Phi) is 6.86. The molecule has 3 rings (SSSR count). The first-order valence-corrected chi connectivity index (χ1v) is 10.7. The van der Waals surface area contributed by atoms with E-state index < -0.39 is 29.1 Å². The summed E-state index contributed by atoms with van der Waals surface area (Å²) < 4.78 is 57.1. The number of para-hydroxylation sites is 3. The van der Waals surface area contributed by atoms with Crippen LogP contribution in [0.15, 0.2) is 83.8 Å². The van der Waals surface area contributed by atoms with Crippen molar-refractivity contribution >= 4 is 27.3 Å². The predicted molar refractivity (Wildman–Crippen MR) is 114 cm³/mol. The second kappa shape index (κ2) is 9.57. The highest BCUT2D eigenvalue weighted by Gasteiger charge is 2.27. The second-order valence-corrected chi connectivity index (χ2v) is 8.45. The van der Waals surface area contributed by atoms with Gasteiger partial charge in [0.15, 0.2) is 0 Å². The fourth-order valence-corrected chi connectivity index (χ4v) is 4.26. The van der Waals surface area contributed by atoms with Gasteiger partial charge in [0.2, 0.25) is 5.91 Å². The van der Waals surface area contributed by atoms with Crippen molar-refractivity contribution in [3.63, 3.8) is 0 Å². The van der Waals surface area contributed by atoms with Crippen LogP contribution in [-0.4, -0.2) is 27.5 Å². The first-order valence-electron chi connectivity index (χ1n) is 9.25. The molecule has 0 heterocycles. The molecule has 3 aromatic rings. The zero-order valence-electron chi connectivity index (χ0n) is 16.5. The summed E-state index contributed by atoms with van der Waals surface area (Å²) in [5.74, 6) is -0.941. The third-order valence-corrected chi connectivity index (χ3v) is 6.11. The van der Waals surface area contributed by atoms with Gasteiger partial charge in [-0.2, -0.15) is 8.78 Å². The van der Waals surface area contributed by atoms with Crippen LogP contribution in [0.4, 0.5) is 20.2 Å². The van der Waals surface area contributed by atoms with Gasteiger partial charge in [-0.05, 0) is 43.3 Å². The van der Waals surface area contributed by atoms with Crippen LogP contribution in [0.3, 0.4) is 0 Å². The maximum atomic E-state index is 13.3. The lowest BCUT2D eigenvalue weighted by atomic mass is 10.2. The lowest BCUT2D eigenvalue weighted by molar-refractivity contribution is -0.114. The summed E-state index contributed by atoms with van der Waals surface area (Å²) in [6.45, 7) is -1.80. The number of carbonyl (C=O) groups is 1. The summed E-state index contributed by atoms with van der Waals surface area (Å²) in [7, 11) is -4.07. The SMILES string of the molecule is Cc1ccc(S(=O)(=O)N(CC(=O)Nc2ccccc2OC(F)F)c2ccccc2)cc1. The van der Waals surface area contributed by atoms with Gasteiger partial charge in [0, 0.05) is 0 Å². The lowest BCUT2D eigenvalue weighted by Crippen LogP contribution is -2.38. The minimum Gasteiger partial charge on any atom is -0.433 e. The van der Waals surface area contributed by atoms with E-state index in [9.17, 15) is 22.0 Å². The van der Waals surface area contributed by atoms with Gasteiger partial charge in [-0.25, -0.2) is 8.42 Å². The largest absolute Gasteiger partial charge is 0.433 e. The molecule has 6 nitrogen and oxygen atoms in total. The van der Waals surface area contributed by atoms with Crippen molar-refractivity contribution in [2.75, 3.05) is 16.2 Å². The third-order valence-electron chi connectivity index (χ3n) is 4.32. The molecular weight excluding hydrogens is 426 g/mol. The Morgan fingerprint density at radius 3 is 2.23 bits per heavy atom. The van der Waals surface area contributed by atoms with Crippen molar-refractivity contribution in [3.8, 4) is 5.75 Å². The van der Waals surface area contributed by atoms with Gasteiger partial charge >= 0.3 is 6.61 Å². The van der Waals surface area contributed by atoms with E-state index in [4.69, 9.17) is 0 Å². The molecule has 1 N–H and O–H groups in total. The Labute approximate surface area is 179 Å². The number of benzene rings is 3. The molecule has 9 heteroatoms. The van der Waals surface area contributed by atoms with Gasteiger partial charge in [0.25, 0.3) is 10.0 Å². The number of carbonyl (C=O) groups excluding carboxylic acids is 1. The van der Waals surface area contributed by atoms with Crippen LogP contribution < -0.4 is 14.4 Å². The number of aryl methyl sites for hydroxylation is 1. The topological polar surface area (TPSA) is 75.7 Å². The van der Waals surface area contributed by atoms with Gasteiger partial charge in [-0.3, -0.25) is 9.10 Å². The number of anilines is 2. The van der Waals surface area contributed by atoms with Crippen molar-refractivity contribution in [1.29, 1.82) is 0 Å². The van der Waals surface area contributed by atoms with Crippen LogP contribution in [0.1, 0.15) is 5.56 Å². The van der Waals surface area contributed by atoms with Crippen LogP contribution in [0, 0.1) is 6.92 Å². The molecule has 0 spiro atoms. The maximum Gasteiger partial charge on any atom is 0.387 e. The average Bonchev–Trinajstić information content (AvgIpc) is 2.74. The Morgan fingerprint density at radius 2 is 1.58 bits per heavy atom. The van der Waals surface area contributed by atoms with E-state index in [1.165, 1.54) is 36.4 Å². The first kappa shape index (κ1) is 22.2. The fraction of sp³-hybridized carbons (Fsp3) is 0.136. The molecule has 0 radical (unpaired) electrons. The number of amides is 1. The smallest absolute Gasteiger partial charge is 0.387 e. The number of rotatable bonds is 8. The molecule has 0 aliphatic rings. The van der Waals surface area contributed by atoms with E-state index in [1.54, 1.807) is 42.5 Å². The summed E-state index contributed by atoms with van der Waals surface area (Å²) in [5.41, 5.74) is 1.18. The summed E-state index contributed by atoms with van der Waals surface area (Å²) in [4.78, 5) is 12.7. The molecule has 31 heavy (non-hydrogen) atoms. The Bertz CT molecular complexity index is 1140. The summed E-state index contributed by atoms with van der Waals surface area (Å²) in [6.07, 6.45) is 0. The zero-order chi connectivity index (χ0) is 22.4. The Balaban J connectivity index is 1.90. The summed E-state index contributed by atoms with van der Waals surface area (Å²) in [5, 5.41) is 2.45. The van der Waals surface area contributed by atoms with Crippen molar-refractivity contribution in [2.45, 2.75) is 18.4 Å². The molecule has 0 fully saturated rings. The molecule has 162 valence electrons. The molecule has 0 aromatic heterocycles. The minimum atomic E-state index is -4.07. The van der Waals surface area contributed by atoms with E-state index in [-0.39, 0.29) is 22.0 Å². The highest BCUT2D eigenvalue weighted by Crippen LogP contribution is 2.27. The highest BCUT2D eigenvalue weighted by atomic mass is 32.2. The molecule has 0 unspecified atom stereocenters. The van der Waals surface area contributed by atoms with E-state index in [0.717, 1.165) is 9.87 Å². The molecule has 0 saturated heterocycles.